The van der Waals surface area contributed by atoms with E-state index in [9.17, 15) is 22.8 Å². The van der Waals surface area contributed by atoms with Crippen LogP contribution < -0.4 is 5.32 Å². The van der Waals surface area contributed by atoms with Crippen LogP contribution in [-0.2, 0) is 23.9 Å². The van der Waals surface area contributed by atoms with E-state index in [4.69, 9.17) is 4.74 Å². The number of H-pyrrole nitrogens is 1. The lowest BCUT2D eigenvalue weighted by Crippen LogP contribution is -2.38. The van der Waals surface area contributed by atoms with Crippen molar-refractivity contribution in [3.05, 3.63) is 64.8 Å². The molecule has 0 aliphatic carbocycles. The first-order valence-electron chi connectivity index (χ1n) is 9.21. The molecular formula is C21H18F3N3O3. The summed E-state index contributed by atoms with van der Waals surface area (Å²) in [6, 6.07) is 9.19. The van der Waals surface area contributed by atoms with Crippen LogP contribution in [0.5, 0.6) is 0 Å². The van der Waals surface area contributed by atoms with Crippen LogP contribution in [0.15, 0.2) is 42.5 Å². The molecule has 9 heteroatoms. The van der Waals surface area contributed by atoms with E-state index in [0.717, 1.165) is 34.3 Å². The molecule has 0 radical (unpaired) electrons. The lowest BCUT2D eigenvalue weighted by atomic mass is 10.0. The Balaban J connectivity index is 1.56. The molecule has 0 saturated carbocycles. The third-order valence-corrected chi connectivity index (χ3v) is 5.12. The summed E-state index contributed by atoms with van der Waals surface area (Å²) >= 11 is 0. The maximum absolute atomic E-state index is 12.9. The number of benzene rings is 2. The fourth-order valence-corrected chi connectivity index (χ4v) is 3.61. The van der Waals surface area contributed by atoms with Gasteiger partial charge in [0.15, 0.2) is 0 Å². The number of alkyl halides is 3. The molecule has 4 rings (SSSR count). The lowest BCUT2D eigenvalue weighted by Gasteiger charge is -2.27. The summed E-state index contributed by atoms with van der Waals surface area (Å²) in [5, 5.41) is 3.35. The van der Waals surface area contributed by atoms with Crippen molar-refractivity contribution in [2.24, 2.45) is 0 Å². The summed E-state index contributed by atoms with van der Waals surface area (Å²) < 4.78 is 43.4. The Hall–Kier alpha value is -3.49. The summed E-state index contributed by atoms with van der Waals surface area (Å²) in [5.74, 6) is -0.457. The summed E-state index contributed by atoms with van der Waals surface area (Å²) in [6.07, 6.45) is -3.92. The number of esters is 1. The zero-order chi connectivity index (χ0) is 21.5. The molecule has 0 bridgehead atoms. The number of anilines is 1. The fraction of sp³-hybridized carbons (Fsp3) is 0.238. The number of fused-ring (bicyclic) bond motifs is 3. The first-order valence-corrected chi connectivity index (χ1v) is 9.21. The smallest absolute Gasteiger partial charge is 0.416 e. The molecule has 1 aliphatic rings. The zero-order valence-corrected chi connectivity index (χ0v) is 16.0. The van der Waals surface area contributed by atoms with Gasteiger partial charge in [-0.2, -0.15) is 13.2 Å². The number of aromatic nitrogens is 1. The normalized spacial score (nSPS) is 13.8. The van der Waals surface area contributed by atoms with E-state index < -0.39 is 23.7 Å². The SMILES string of the molecule is COC(=O)c1ccc2[nH]c3c(c2c1)CN(C(=O)Nc1cccc(C(F)(F)F)c1)CC3. The number of nitrogens with zero attached hydrogens (tertiary/aromatic N) is 1. The molecular weight excluding hydrogens is 399 g/mol. The highest BCUT2D eigenvalue weighted by Gasteiger charge is 2.31. The number of carbonyl (C=O) groups excluding carboxylic acids is 2. The highest BCUT2D eigenvalue weighted by Crippen LogP contribution is 2.32. The third kappa shape index (κ3) is 3.70. The van der Waals surface area contributed by atoms with Crippen LogP contribution in [0.1, 0.15) is 27.2 Å². The van der Waals surface area contributed by atoms with Gasteiger partial charge in [0.25, 0.3) is 0 Å². The fourth-order valence-electron chi connectivity index (χ4n) is 3.61. The van der Waals surface area contributed by atoms with Gasteiger partial charge in [-0.05, 0) is 36.4 Å². The van der Waals surface area contributed by atoms with Crippen molar-refractivity contribution in [2.45, 2.75) is 19.1 Å². The van der Waals surface area contributed by atoms with E-state index in [2.05, 4.69) is 10.3 Å². The van der Waals surface area contributed by atoms with Crippen LogP contribution in [0.3, 0.4) is 0 Å². The van der Waals surface area contributed by atoms with Gasteiger partial charge in [-0.1, -0.05) is 6.07 Å². The van der Waals surface area contributed by atoms with E-state index in [1.807, 2.05) is 0 Å². The van der Waals surface area contributed by atoms with Crippen molar-refractivity contribution in [3.8, 4) is 0 Å². The molecule has 3 aromatic rings. The Morgan fingerprint density at radius 3 is 2.70 bits per heavy atom. The van der Waals surface area contributed by atoms with Gasteiger partial charge in [0.1, 0.15) is 0 Å². The number of urea groups is 1. The molecule has 1 aliphatic heterocycles. The monoisotopic (exact) mass is 417 g/mol. The first-order chi connectivity index (χ1) is 14.3. The second kappa shape index (κ2) is 7.40. The number of amides is 2. The highest BCUT2D eigenvalue weighted by molar-refractivity contribution is 5.96. The number of halogens is 3. The number of aromatic amines is 1. The molecule has 0 unspecified atom stereocenters. The van der Waals surface area contributed by atoms with Crippen LogP contribution in [0.25, 0.3) is 10.9 Å². The summed E-state index contributed by atoms with van der Waals surface area (Å²) in [4.78, 5) is 29.3. The largest absolute Gasteiger partial charge is 0.465 e. The van der Waals surface area contributed by atoms with Crippen molar-refractivity contribution in [3.63, 3.8) is 0 Å². The minimum atomic E-state index is -4.48. The molecule has 156 valence electrons. The predicted octanol–water partition coefficient (Wildman–Crippen LogP) is 4.56. The molecule has 2 aromatic carbocycles. The van der Waals surface area contributed by atoms with Gasteiger partial charge in [0.2, 0.25) is 0 Å². The van der Waals surface area contributed by atoms with Crippen molar-refractivity contribution < 1.29 is 27.5 Å². The van der Waals surface area contributed by atoms with Crippen LogP contribution >= 0.6 is 0 Å². The Morgan fingerprint density at radius 2 is 1.97 bits per heavy atom. The van der Waals surface area contributed by atoms with Crippen molar-refractivity contribution in [2.75, 3.05) is 19.0 Å². The molecule has 2 amide bonds. The van der Waals surface area contributed by atoms with Gasteiger partial charge in [-0.15, -0.1) is 0 Å². The van der Waals surface area contributed by atoms with Gasteiger partial charge < -0.3 is 19.9 Å². The standard InChI is InChI=1S/C21H18F3N3O3/c1-30-19(28)12-5-6-17-15(9-12)16-11-27(8-7-18(16)26-17)20(29)25-14-4-2-3-13(10-14)21(22,23)24/h2-6,9-10,26H,7-8,11H2,1H3,(H,25,29). The lowest BCUT2D eigenvalue weighted by molar-refractivity contribution is -0.137. The quantitative estimate of drug-likeness (QED) is 0.600. The minimum Gasteiger partial charge on any atom is -0.465 e. The van der Waals surface area contributed by atoms with E-state index >= 15 is 0 Å². The first kappa shape index (κ1) is 19.8. The summed E-state index contributed by atoms with van der Waals surface area (Å²) in [5.41, 5.74) is 2.34. The Bertz CT molecular complexity index is 1140. The molecule has 2 heterocycles. The minimum absolute atomic E-state index is 0.0764. The van der Waals surface area contributed by atoms with Crippen molar-refractivity contribution >= 4 is 28.6 Å². The Labute approximate surface area is 169 Å². The maximum atomic E-state index is 12.9. The molecule has 0 saturated heterocycles. The topological polar surface area (TPSA) is 74.4 Å². The predicted molar refractivity (Wildman–Crippen MR) is 104 cm³/mol. The van der Waals surface area contributed by atoms with E-state index in [1.165, 1.54) is 24.1 Å². The molecule has 0 spiro atoms. The van der Waals surface area contributed by atoms with Gasteiger partial charge in [-0.25, -0.2) is 9.59 Å². The van der Waals surface area contributed by atoms with Gasteiger partial charge in [0, 0.05) is 47.4 Å². The molecule has 1 aromatic heterocycles. The summed E-state index contributed by atoms with van der Waals surface area (Å²) in [6.45, 7) is 0.680. The average molecular weight is 417 g/mol. The van der Waals surface area contributed by atoms with E-state index in [0.29, 0.717) is 18.5 Å². The number of methoxy groups -OCH3 is 1. The number of hydrogen-bond acceptors (Lipinski definition) is 3. The zero-order valence-electron chi connectivity index (χ0n) is 16.0. The second-order valence-electron chi connectivity index (χ2n) is 7.01. The highest BCUT2D eigenvalue weighted by atomic mass is 19.4. The Kier molecular flexibility index (Phi) is 4.89. The van der Waals surface area contributed by atoms with Crippen LogP contribution in [0.4, 0.5) is 23.7 Å². The maximum Gasteiger partial charge on any atom is 0.416 e. The molecule has 2 N–H and O–H groups in total. The number of carbonyl (C=O) groups is 2. The number of rotatable bonds is 2. The van der Waals surface area contributed by atoms with Gasteiger partial charge >= 0.3 is 18.2 Å². The molecule has 6 nitrogen and oxygen atoms in total. The van der Waals surface area contributed by atoms with Gasteiger partial charge in [-0.3, -0.25) is 0 Å². The molecule has 0 atom stereocenters. The molecule has 0 fully saturated rings. The summed E-state index contributed by atoms with van der Waals surface area (Å²) in [7, 11) is 1.30. The number of hydrogen-bond donors (Lipinski definition) is 2. The van der Waals surface area contributed by atoms with E-state index in [1.54, 1.807) is 18.2 Å². The second-order valence-corrected chi connectivity index (χ2v) is 7.01. The van der Waals surface area contributed by atoms with Crippen LogP contribution in [-0.4, -0.2) is 35.5 Å². The van der Waals surface area contributed by atoms with Crippen molar-refractivity contribution in [1.82, 2.24) is 9.88 Å². The Morgan fingerprint density at radius 1 is 1.17 bits per heavy atom. The number of nitrogens with one attached hydrogen (secondary N) is 2. The third-order valence-electron chi connectivity index (χ3n) is 5.12. The van der Waals surface area contributed by atoms with Crippen molar-refractivity contribution in [1.29, 1.82) is 0 Å². The van der Waals surface area contributed by atoms with Gasteiger partial charge in [0.05, 0.1) is 18.2 Å². The van der Waals surface area contributed by atoms with Crippen LogP contribution in [0.2, 0.25) is 0 Å². The van der Waals surface area contributed by atoms with E-state index in [-0.39, 0.29) is 12.2 Å². The van der Waals surface area contributed by atoms with Crippen LogP contribution in [0, 0.1) is 0 Å². The molecule has 30 heavy (non-hydrogen) atoms. The number of ether oxygens (including phenoxy) is 1. The average Bonchev–Trinajstić information content (AvgIpc) is 3.09.